The van der Waals surface area contributed by atoms with Gasteiger partial charge in [0.2, 0.25) is 0 Å². The summed E-state index contributed by atoms with van der Waals surface area (Å²) >= 11 is 6.18. The molecule has 1 nitrogen and oxygen atoms in total. The second-order valence-corrected chi connectivity index (χ2v) is 5.61. The predicted molar refractivity (Wildman–Crippen MR) is 82.6 cm³/mol. The quantitative estimate of drug-likeness (QED) is 0.841. The highest BCUT2D eigenvalue weighted by atomic mass is 35.5. The molecule has 0 heterocycles. The van der Waals surface area contributed by atoms with Gasteiger partial charge in [-0.2, -0.15) is 0 Å². The smallest absolute Gasteiger partial charge is 0.126 e. The number of nitrogens with one attached hydrogen (secondary N) is 1. The van der Waals surface area contributed by atoms with E-state index in [1.807, 2.05) is 31.3 Å². The number of rotatable bonds is 6. The first-order chi connectivity index (χ1) is 10.1. The summed E-state index contributed by atoms with van der Waals surface area (Å²) in [6.45, 7) is 0.753. The fourth-order valence-corrected chi connectivity index (χ4v) is 2.76. The SMILES string of the molecule is CNCC(Cc1cc(F)cc(F)c1)Cc1ccccc1Cl. The summed E-state index contributed by atoms with van der Waals surface area (Å²) in [5.74, 6) is -0.854. The highest BCUT2D eigenvalue weighted by Gasteiger charge is 2.13. The minimum absolute atomic E-state index is 0.219. The Bertz CT molecular complexity index is 581. The van der Waals surface area contributed by atoms with Gasteiger partial charge in [0, 0.05) is 11.1 Å². The molecule has 21 heavy (non-hydrogen) atoms. The Morgan fingerprint density at radius 3 is 2.33 bits per heavy atom. The molecule has 0 aliphatic rings. The third-order valence-corrected chi connectivity index (χ3v) is 3.77. The zero-order valence-electron chi connectivity index (χ0n) is 11.9. The molecule has 0 aliphatic carbocycles. The summed E-state index contributed by atoms with van der Waals surface area (Å²) in [7, 11) is 1.87. The predicted octanol–water partition coefficient (Wildman–Crippen LogP) is 4.24. The molecule has 112 valence electrons. The summed E-state index contributed by atoms with van der Waals surface area (Å²) in [5, 5.41) is 3.85. The van der Waals surface area contributed by atoms with E-state index < -0.39 is 11.6 Å². The fraction of sp³-hybridized carbons (Fsp3) is 0.294. The van der Waals surface area contributed by atoms with Gasteiger partial charge >= 0.3 is 0 Å². The summed E-state index contributed by atoms with van der Waals surface area (Å²) in [6.07, 6.45) is 1.36. The maximum absolute atomic E-state index is 13.3. The lowest BCUT2D eigenvalue weighted by Gasteiger charge is -2.17. The van der Waals surface area contributed by atoms with Gasteiger partial charge in [0.1, 0.15) is 11.6 Å². The van der Waals surface area contributed by atoms with E-state index in [0.29, 0.717) is 12.0 Å². The van der Waals surface area contributed by atoms with Crippen molar-refractivity contribution < 1.29 is 8.78 Å². The van der Waals surface area contributed by atoms with Crippen molar-refractivity contribution in [1.82, 2.24) is 5.32 Å². The molecule has 0 saturated carbocycles. The van der Waals surface area contributed by atoms with Gasteiger partial charge in [-0.1, -0.05) is 29.8 Å². The van der Waals surface area contributed by atoms with Crippen molar-refractivity contribution in [2.45, 2.75) is 12.8 Å². The van der Waals surface area contributed by atoms with Crippen LogP contribution >= 0.6 is 11.6 Å². The molecule has 0 saturated heterocycles. The average molecular weight is 310 g/mol. The van der Waals surface area contributed by atoms with Gasteiger partial charge in [-0.05, 0) is 61.7 Å². The first kappa shape index (κ1) is 15.9. The van der Waals surface area contributed by atoms with E-state index in [4.69, 9.17) is 11.6 Å². The Labute approximate surface area is 128 Å². The first-order valence-electron chi connectivity index (χ1n) is 6.91. The fourth-order valence-electron chi connectivity index (χ4n) is 2.54. The third kappa shape index (κ3) is 4.80. The molecule has 2 aromatic carbocycles. The minimum Gasteiger partial charge on any atom is -0.319 e. The Hall–Kier alpha value is -1.45. The van der Waals surface area contributed by atoms with Crippen molar-refractivity contribution in [3.8, 4) is 0 Å². The van der Waals surface area contributed by atoms with E-state index in [2.05, 4.69) is 5.32 Å². The van der Waals surface area contributed by atoms with Gasteiger partial charge in [-0.25, -0.2) is 8.78 Å². The van der Waals surface area contributed by atoms with Crippen molar-refractivity contribution in [2.24, 2.45) is 5.92 Å². The van der Waals surface area contributed by atoms with Crippen LogP contribution in [0.15, 0.2) is 42.5 Å². The second-order valence-electron chi connectivity index (χ2n) is 5.20. The first-order valence-corrected chi connectivity index (χ1v) is 7.29. The van der Waals surface area contributed by atoms with Gasteiger partial charge < -0.3 is 5.32 Å². The third-order valence-electron chi connectivity index (χ3n) is 3.41. The molecule has 0 bridgehead atoms. The molecule has 0 aromatic heterocycles. The van der Waals surface area contributed by atoms with Crippen molar-refractivity contribution in [3.63, 3.8) is 0 Å². The van der Waals surface area contributed by atoms with Gasteiger partial charge in [0.25, 0.3) is 0 Å². The van der Waals surface area contributed by atoms with Gasteiger partial charge in [0.15, 0.2) is 0 Å². The molecule has 1 atom stereocenters. The highest BCUT2D eigenvalue weighted by molar-refractivity contribution is 6.31. The van der Waals surface area contributed by atoms with E-state index in [-0.39, 0.29) is 5.92 Å². The second kappa shape index (κ2) is 7.53. The summed E-state index contributed by atoms with van der Waals surface area (Å²) in [4.78, 5) is 0. The molecule has 2 rings (SSSR count). The van der Waals surface area contributed by atoms with E-state index in [1.54, 1.807) is 0 Å². The Morgan fingerprint density at radius 1 is 1.05 bits per heavy atom. The van der Waals surface area contributed by atoms with Crippen molar-refractivity contribution in [3.05, 3.63) is 70.2 Å². The number of benzene rings is 2. The molecular weight excluding hydrogens is 292 g/mol. The van der Waals surface area contributed by atoms with Crippen LogP contribution in [0, 0.1) is 17.6 Å². The summed E-state index contributed by atoms with van der Waals surface area (Å²) in [5.41, 5.74) is 1.72. The maximum Gasteiger partial charge on any atom is 0.126 e. The van der Waals surface area contributed by atoms with E-state index >= 15 is 0 Å². The van der Waals surface area contributed by atoms with Crippen molar-refractivity contribution >= 4 is 11.6 Å². The van der Waals surface area contributed by atoms with Crippen LogP contribution in [-0.4, -0.2) is 13.6 Å². The van der Waals surface area contributed by atoms with Crippen LogP contribution in [0.4, 0.5) is 8.78 Å². The Balaban J connectivity index is 2.13. The van der Waals surface area contributed by atoms with Gasteiger partial charge in [-0.15, -0.1) is 0 Å². The normalized spacial score (nSPS) is 12.4. The molecule has 4 heteroatoms. The monoisotopic (exact) mass is 309 g/mol. The highest BCUT2D eigenvalue weighted by Crippen LogP contribution is 2.21. The van der Waals surface area contributed by atoms with Gasteiger partial charge in [0.05, 0.1) is 0 Å². The summed E-state index contributed by atoms with van der Waals surface area (Å²) < 4.78 is 26.6. The maximum atomic E-state index is 13.3. The van der Waals surface area contributed by atoms with Crippen LogP contribution in [0.3, 0.4) is 0 Å². The minimum atomic E-state index is -0.536. The van der Waals surface area contributed by atoms with Crippen LogP contribution in [0.5, 0.6) is 0 Å². The van der Waals surface area contributed by atoms with Crippen LogP contribution in [0.1, 0.15) is 11.1 Å². The Kier molecular flexibility index (Phi) is 5.71. The number of hydrogen-bond acceptors (Lipinski definition) is 1. The molecule has 0 aliphatic heterocycles. The number of hydrogen-bond donors (Lipinski definition) is 1. The molecule has 2 aromatic rings. The number of halogens is 3. The van der Waals surface area contributed by atoms with E-state index in [0.717, 1.165) is 29.6 Å². The topological polar surface area (TPSA) is 12.0 Å². The molecule has 0 spiro atoms. The van der Waals surface area contributed by atoms with Crippen LogP contribution in [0.2, 0.25) is 5.02 Å². The van der Waals surface area contributed by atoms with E-state index in [9.17, 15) is 8.78 Å². The lowest BCUT2D eigenvalue weighted by atomic mass is 9.92. The molecule has 1 N–H and O–H groups in total. The summed E-state index contributed by atoms with van der Waals surface area (Å²) in [6, 6.07) is 11.3. The lowest BCUT2D eigenvalue weighted by molar-refractivity contribution is 0.489. The van der Waals surface area contributed by atoms with Crippen LogP contribution in [-0.2, 0) is 12.8 Å². The zero-order chi connectivity index (χ0) is 15.2. The Morgan fingerprint density at radius 2 is 1.71 bits per heavy atom. The van der Waals surface area contributed by atoms with Crippen molar-refractivity contribution in [1.29, 1.82) is 0 Å². The molecular formula is C17H18ClF2N. The van der Waals surface area contributed by atoms with E-state index in [1.165, 1.54) is 12.1 Å². The zero-order valence-corrected chi connectivity index (χ0v) is 12.6. The molecule has 0 fully saturated rings. The molecule has 0 radical (unpaired) electrons. The van der Waals surface area contributed by atoms with Gasteiger partial charge in [-0.3, -0.25) is 0 Å². The molecule has 1 unspecified atom stereocenters. The average Bonchev–Trinajstić information content (AvgIpc) is 2.40. The van der Waals surface area contributed by atoms with Crippen LogP contribution in [0.25, 0.3) is 0 Å². The standard InChI is InChI=1S/C17H18ClF2N/c1-21-11-13(7-14-4-2-3-5-17(14)18)6-12-8-15(19)10-16(20)9-12/h2-5,8-10,13,21H,6-7,11H2,1H3. The van der Waals surface area contributed by atoms with Crippen molar-refractivity contribution in [2.75, 3.05) is 13.6 Å². The molecule has 0 amide bonds. The van der Waals surface area contributed by atoms with Crippen LogP contribution < -0.4 is 5.32 Å². The largest absolute Gasteiger partial charge is 0.319 e. The lowest BCUT2D eigenvalue weighted by Crippen LogP contribution is -2.23.